The number of urea groups is 1. The van der Waals surface area contributed by atoms with Gasteiger partial charge in [0.1, 0.15) is 17.7 Å². The van der Waals surface area contributed by atoms with Gasteiger partial charge in [-0.05, 0) is 24.3 Å². The summed E-state index contributed by atoms with van der Waals surface area (Å²) in [5, 5.41) is 7.09. The van der Waals surface area contributed by atoms with Crippen LogP contribution in [0.15, 0.2) is 17.8 Å². The second kappa shape index (κ2) is 4.39. The maximum Gasteiger partial charge on any atom is 0.322 e. The Bertz CT molecular complexity index is 735. The normalized spacial score (nSPS) is 20.9. The average molecular weight is 303 g/mol. The Labute approximate surface area is 124 Å². The lowest BCUT2D eigenvalue weighted by molar-refractivity contribution is -0.124. The molecule has 0 saturated carbocycles. The average Bonchev–Trinajstić information content (AvgIpc) is 3.05. The number of carbonyl (C=O) groups is 2. The van der Waals surface area contributed by atoms with Crippen molar-refractivity contribution in [1.82, 2.24) is 20.6 Å². The molecule has 1 spiro atoms. The number of nitrogens with one attached hydrogen (secondary N) is 2. The van der Waals surface area contributed by atoms with Gasteiger partial charge in [-0.2, -0.15) is 0 Å². The molecule has 3 amide bonds. The van der Waals surface area contributed by atoms with Crippen molar-refractivity contribution in [3.8, 4) is 0 Å². The van der Waals surface area contributed by atoms with Gasteiger partial charge < -0.3 is 10.2 Å². The van der Waals surface area contributed by atoms with Crippen molar-refractivity contribution in [1.29, 1.82) is 0 Å². The first-order chi connectivity index (χ1) is 10.2. The molecule has 108 valence electrons. The van der Waals surface area contributed by atoms with Gasteiger partial charge in [0.05, 0.1) is 10.2 Å². The Hall–Kier alpha value is -2.22. The standard InChI is InChI=1S/C13H13N5O2S/c19-11-13(17-12(20)16-11)2-4-18(5-3-13)10-9-8(1-6-21-9)14-7-15-10/h1,6-7H,2-5H2,(H2,16,17,19,20). The molecule has 2 saturated heterocycles. The molecule has 4 rings (SSSR count). The summed E-state index contributed by atoms with van der Waals surface area (Å²) in [6.07, 6.45) is 2.74. The third-order valence-electron chi connectivity index (χ3n) is 4.16. The molecule has 0 atom stereocenters. The van der Waals surface area contributed by atoms with E-state index in [-0.39, 0.29) is 5.91 Å². The first kappa shape index (κ1) is 12.5. The molecular formula is C13H13N5O2S. The van der Waals surface area contributed by atoms with Crippen LogP contribution in [0.25, 0.3) is 10.2 Å². The van der Waals surface area contributed by atoms with E-state index in [1.54, 1.807) is 17.7 Å². The second-order valence-electron chi connectivity index (χ2n) is 5.31. The summed E-state index contributed by atoms with van der Waals surface area (Å²) >= 11 is 1.62. The summed E-state index contributed by atoms with van der Waals surface area (Å²) in [5.41, 5.74) is 0.201. The number of thiophene rings is 1. The van der Waals surface area contributed by atoms with Crippen LogP contribution in [0.4, 0.5) is 10.6 Å². The van der Waals surface area contributed by atoms with Crippen molar-refractivity contribution in [2.45, 2.75) is 18.4 Å². The minimum Gasteiger partial charge on any atom is -0.355 e. The number of hydrogen-bond acceptors (Lipinski definition) is 6. The van der Waals surface area contributed by atoms with E-state index in [2.05, 4.69) is 25.5 Å². The Kier molecular flexibility index (Phi) is 2.61. The molecule has 8 heteroatoms. The van der Waals surface area contributed by atoms with Crippen molar-refractivity contribution in [3.05, 3.63) is 17.8 Å². The van der Waals surface area contributed by atoms with Crippen LogP contribution in [0.3, 0.4) is 0 Å². The topological polar surface area (TPSA) is 87.2 Å². The van der Waals surface area contributed by atoms with E-state index < -0.39 is 11.6 Å². The van der Waals surface area contributed by atoms with Gasteiger partial charge >= 0.3 is 6.03 Å². The van der Waals surface area contributed by atoms with Crippen LogP contribution in [0.5, 0.6) is 0 Å². The summed E-state index contributed by atoms with van der Waals surface area (Å²) in [4.78, 5) is 34.1. The Morgan fingerprint density at radius 1 is 1.24 bits per heavy atom. The largest absolute Gasteiger partial charge is 0.355 e. The monoisotopic (exact) mass is 303 g/mol. The summed E-state index contributed by atoms with van der Waals surface area (Å²) in [5.74, 6) is 0.700. The second-order valence-corrected chi connectivity index (χ2v) is 6.23. The molecule has 0 aliphatic carbocycles. The number of amides is 3. The van der Waals surface area contributed by atoms with Gasteiger partial charge in [-0.3, -0.25) is 10.1 Å². The zero-order valence-corrected chi connectivity index (χ0v) is 11.9. The summed E-state index contributed by atoms with van der Waals surface area (Å²) in [6, 6.07) is 1.58. The van der Waals surface area contributed by atoms with E-state index in [1.807, 2.05) is 11.4 Å². The molecule has 4 heterocycles. The predicted molar refractivity (Wildman–Crippen MR) is 78.3 cm³/mol. The van der Waals surface area contributed by atoms with E-state index in [9.17, 15) is 9.59 Å². The number of piperidine rings is 1. The van der Waals surface area contributed by atoms with Gasteiger partial charge in [-0.1, -0.05) is 0 Å². The maximum absolute atomic E-state index is 11.9. The number of nitrogens with zero attached hydrogens (tertiary/aromatic N) is 3. The van der Waals surface area contributed by atoms with E-state index >= 15 is 0 Å². The molecular weight excluding hydrogens is 290 g/mol. The highest BCUT2D eigenvalue weighted by Crippen LogP contribution is 2.32. The number of imide groups is 1. The van der Waals surface area contributed by atoms with Gasteiger partial charge in [-0.15, -0.1) is 11.3 Å². The molecule has 2 aliphatic heterocycles. The first-order valence-electron chi connectivity index (χ1n) is 6.75. The van der Waals surface area contributed by atoms with Crippen molar-refractivity contribution in [2.75, 3.05) is 18.0 Å². The highest BCUT2D eigenvalue weighted by atomic mass is 32.1. The number of aromatic nitrogens is 2. The zero-order valence-electron chi connectivity index (χ0n) is 11.1. The SMILES string of the molecule is O=C1NC(=O)C2(CCN(c3ncnc4ccsc34)CC2)N1. The quantitative estimate of drug-likeness (QED) is 0.763. The van der Waals surface area contributed by atoms with E-state index in [0.717, 1.165) is 16.0 Å². The lowest BCUT2D eigenvalue weighted by Crippen LogP contribution is -2.55. The lowest BCUT2D eigenvalue weighted by atomic mass is 9.88. The van der Waals surface area contributed by atoms with E-state index in [4.69, 9.17) is 0 Å². The van der Waals surface area contributed by atoms with Gasteiger partial charge in [0.25, 0.3) is 5.91 Å². The van der Waals surface area contributed by atoms with Gasteiger partial charge in [0, 0.05) is 13.1 Å². The third-order valence-corrected chi connectivity index (χ3v) is 5.05. The van der Waals surface area contributed by atoms with Crippen LogP contribution in [0.1, 0.15) is 12.8 Å². The maximum atomic E-state index is 11.9. The Morgan fingerprint density at radius 3 is 2.76 bits per heavy atom. The molecule has 2 aromatic heterocycles. The molecule has 0 aromatic carbocycles. The summed E-state index contributed by atoms with van der Waals surface area (Å²) < 4.78 is 1.06. The van der Waals surface area contributed by atoms with E-state index in [1.165, 1.54) is 0 Å². The third kappa shape index (κ3) is 1.86. The number of anilines is 1. The van der Waals surface area contributed by atoms with Crippen LogP contribution in [-0.2, 0) is 4.79 Å². The number of hydrogen-bond donors (Lipinski definition) is 2. The molecule has 2 fully saturated rings. The molecule has 2 aromatic rings. The molecule has 2 aliphatic rings. The number of fused-ring (bicyclic) bond motifs is 1. The van der Waals surface area contributed by atoms with Crippen LogP contribution in [0.2, 0.25) is 0 Å². The highest BCUT2D eigenvalue weighted by molar-refractivity contribution is 7.17. The number of rotatable bonds is 1. The predicted octanol–water partition coefficient (Wildman–Crippen LogP) is 0.870. The molecule has 7 nitrogen and oxygen atoms in total. The fraction of sp³-hybridized carbons (Fsp3) is 0.385. The highest BCUT2D eigenvalue weighted by Gasteiger charge is 2.48. The first-order valence-corrected chi connectivity index (χ1v) is 7.63. The van der Waals surface area contributed by atoms with Crippen LogP contribution < -0.4 is 15.5 Å². The Morgan fingerprint density at radius 2 is 2.05 bits per heavy atom. The molecule has 21 heavy (non-hydrogen) atoms. The fourth-order valence-electron chi connectivity index (χ4n) is 2.98. The van der Waals surface area contributed by atoms with E-state index in [0.29, 0.717) is 25.9 Å². The summed E-state index contributed by atoms with van der Waals surface area (Å²) in [7, 11) is 0. The number of carbonyl (C=O) groups excluding carboxylic acids is 2. The Balaban J connectivity index is 1.59. The van der Waals surface area contributed by atoms with Crippen LogP contribution in [-0.4, -0.2) is 40.5 Å². The minimum absolute atomic E-state index is 0.212. The molecule has 0 unspecified atom stereocenters. The van der Waals surface area contributed by atoms with Crippen molar-refractivity contribution in [2.24, 2.45) is 0 Å². The van der Waals surface area contributed by atoms with Crippen molar-refractivity contribution >= 4 is 39.3 Å². The van der Waals surface area contributed by atoms with Crippen molar-refractivity contribution < 1.29 is 9.59 Å². The van der Waals surface area contributed by atoms with Gasteiger partial charge in [0.2, 0.25) is 0 Å². The minimum atomic E-state index is -0.741. The van der Waals surface area contributed by atoms with Crippen LogP contribution in [0, 0.1) is 0 Å². The molecule has 0 bridgehead atoms. The fourth-order valence-corrected chi connectivity index (χ4v) is 3.84. The van der Waals surface area contributed by atoms with Crippen molar-refractivity contribution in [3.63, 3.8) is 0 Å². The zero-order chi connectivity index (χ0) is 14.4. The van der Waals surface area contributed by atoms with Gasteiger partial charge in [0.15, 0.2) is 0 Å². The lowest BCUT2D eigenvalue weighted by Gasteiger charge is -2.37. The summed E-state index contributed by atoms with van der Waals surface area (Å²) in [6.45, 7) is 1.36. The van der Waals surface area contributed by atoms with Crippen LogP contribution >= 0.6 is 11.3 Å². The smallest absolute Gasteiger partial charge is 0.322 e. The molecule has 2 N–H and O–H groups in total. The van der Waals surface area contributed by atoms with Gasteiger partial charge in [-0.25, -0.2) is 14.8 Å². The molecule has 0 radical (unpaired) electrons.